The number of carbonyl (C=O) groups is 1. The number of halogens is 3. The summed E-state index contributed by atoms with van der Waals surface area (Å²) in [5.41, 5.74) is 1.79. The van der Waals surface area contributed by atoms with E-state index in [0.717, 1.165) is 29.4 Å². The van der Waals surface area contributed by atoms with Crippen LogP contribution in [0.5, 0.6) is 0 Å². The minimum absolute atomic E-state index is 0. The lowest BCUT2D eigenvalue weighted by molar-refractivity contribution is -0.121. The van der Waals surface area contributed by atoms with Crippen molar-refractivity contribution in [1.82, 2.24) is 15.2 Å². The van der Waals surface area contributed by atoms with E-state index in [1.165, 1.54) is 20.0 Å². The van der Waals surface area contributed by atoms with Crippen LogP contribution in [-0.2, 0) is 9.53 Å². The number of amides is 1. The third-order valence-corrected chi connectivity index (χ3v) is 6.81. The molecule has 0 saturated carbocycles. The molecule has 162 valence electrons. The molecule has 2 aliphatic rings. The highest BCUT2D eigenvalue weighted by atomic mass is 35.5. The Morgan fingerprint density at radius 3 is 2.53 bits per heavy atom. The van der Waals surface area contributed by atoms with E-state index in [4.69, 9.17) is 27.9 Å². The molecule has 2 aliphatic heterocycles. The number of ether oxygens (including phenoxy) is 1. The van der Waals surface area contributed by atoms with Crippen molar-refractivity contribution in [3.63, 3.8) is 0 Å². The first kappa shape index (κ1) is 23.0. The molecule has 1 aromatic carbocycles. The van der Waals surface area contributed by atoms with Crippen molar-refractivity contribution in [3.05, 3.63) is 51.8 Å². The van der Waals surface area contributed by atoms with Gasteiger partial charge in [0.1, 0.15) is 0 Å². The summed E-state index contributed by atoms with van der Waals surface area (Å²) < 4.78 is 5.31. The highest BCUT2D eigenvalue weighted by Crippen LogP contribution is 2.34. The number of methoxy groups -OCH3 is 1. The molecule has 1 amide bonds. The first-order valence-electron chi connectivity index (χ1n) is 9.87. The summed E-state index contributed by atoms with van der Waals surface area (Å²) in [4.78, 5) is 18.4. The van der Waals surface area contributed by atoms with Crippen molar-refractivity contribution in [3.8, 4) is 0 Å². The Kier molecular flexibility index (Phi) is 7.40. The lowest BCUT2D eigenvalue weighted by atomic mass is 9.98. The molecule has 0 aliphatic carbocycles. The van der Waals surface area contributed by atoms with Gasteiger partial charge in [-0.1, -0.05) is 29.3 Å². The topological polar surface area (TPSA) is 57.4 Å². The lowest BCUT2D eigenvalue weighted by Gasteiger charge is -2.36. The molecular weight excluding hydrogens is 445 g/mol. The number of nitrogens with zero attached hydrogens (tertiary/aromatic N) is 1. The predicted molar refractivity (Wildman–Crippen MR) is 125 cm³/mol. The fraction of sp³-hybridized carbons (Fsp3) is 0.409. The van der Waals surface area contributed by atoms with Crippen molar-refractivity contribution in [2.75, 3.05) is 14.2 Å². The van der Waals surface area contributed by atoms with Crippen LogP contribution in [0.1, 0.15) is 31.4 Å². The van der Waals surface area contributed by atoms with Crippen LogP contribution in [0.15, 0.2) is 36.1 Å². The maximum atomic E-state index is 12.6. The van der Waals surface area contributed by atoms with Gasteiger partial charge in [-0.3, -0.25) is 4.79 Å². The van der Waals surface area contributed by atoms with Crippen LogP contribution in [0, 0.1) is 0 Å². The molecule has 5 nitrogen and oxygen atoms in total. The average Bonchev–Trinajstić information content (AvgIpc) is 3.14. The van der Waals surface area contributed by atoms with Crippen molar-refractivity contribution < 1.29 is 9.53 Å². The normalized spacial score (nSPS) is 24.3. The standard InChI is InChI=1S/C22H25Cl2N3O2.ClH/c1-27-16-6-7-17(27)11-15(10-16)26-22(28)21(29-2)5-3-4-14-8-13-9-18(23)19(24)12-20(13)25-14;/h3-5,8-9,12,15-17,25H,6-7,10-11H2,1-2H3,(H,26,28);1H/b4-3+,21-5-;. The van der Waals surface area contributed by atoms with Gasteiger partial charge in [0.25, 0.3) is 5.91 Å². The molecule has 2 atom stereocenters. The summed E-state index contributed by atoms with van der Waals surface area (Å²) in [7, 11) is 3.71. The Bertz CT molecular complexity index is 932. The molecule has 2 bridgehead atoms. The number of hydrogen-bond acceptors (Lipinski definition) is 3. The van der Waals surface area contributed by atoms with Gasteiger partial charge in [-0.05, 0) is 63.1 Å². The van der Waals surface area contributed by atoms with Gasteiger partial charge in [0.2, 0.25) is 0 Å². The zero-order valence-corrected chi connectivity index (χ0v) is 19.3. The summed E-state index contributed by atoms with van der Waals surface area (Å²) in [6, 6.07) is 6.97. The molecule has 3 heterocycles. The second-order valence-electron chi connectivity index (χ2n) is 7.86. The summed E-state index contributed by atoms with van der Waals surface area (Å²) in [5.74, 6) is 0.135. The zero-order chi connectivity index (χ0) is 20.5. The molecular formula is C22H26Cl3N3O2. The van der Waals surface area contributed by atoms with E-state index in [9.17, 15) is 4.79 Å². The number of aromatic amines is 1. The summed E-state index contributed by atoms with van der Waals surface area (Å²) in [6.07, 6.45) is 9.82. The molecule has 2 saturated heterocycles. The molecule has 2 fully saturated rings. The maximum Gasteiger partial charge on any atom is 0.286 e. The number of rotatable bonds is 5. The van der Waals surface area contributed by atoms with Crippen molar-refractivity contribution in [2.45, 2.75) is 43.8 Å². The van der Waals surface area contributed by atoms with E-state index in [-0.39, 0.29) is 24.4 Å². The van der Waals surface area contributed by atoms with E-state index < -0.39 is 0 Å². The van der Waals surface area contributed by atoms with Crippen molar-refractivity contribution in [1.29, 1.82) is 0 Å². The van der Waals surface area contributed by atoms with Gasteiger partial charge >= 0.3 is 0 Å². The van der Waals surface area contributed by atoms with Crippen LogP contribution in [0.4, 0.5) is 0 Å². The minimum Gasteiger partial charge on any atom is -0.491 e. The molecule has 0 spiro atoms. The van der Waals surface area contributed by atoms with Crippen molar-refractivity contribution >= 4 is 58.5 Å². The first-order chi connectivity index (χ1) is 13.9. The smallest absolute Gasteiger partial charge is 0.286 e. The van der Waals surface area contributed by atoms with Crippen molar-refractivity contribution in [2.24, 2.45) is 0 Å². The number of allylic oxidation sites excluding steroid dienone is 2. The van der Waals surface area contributed by atoms with Gasteiger partial charge < -0.3 is 19.9 Å². The number of fused-ring (bicyclic) bond motifs is 3. The molecule has 2 unspecified atom stereocenters. The maximum absolute atomic E-state index is 12.6. The Morgan fingerprint density at radius 2 is 1.87 bits per heavy atom. The second-order valence-corrected chi connectivity index (χ2v) is 8.68. The van der Waals surface area contributed by atoms with Crippen LogP contribution in [0.3, 0.4) is 0 Å². The van der Waals surface area contributed by atoms with Gasteiger partial charge in [-0.2, -0.15) is 0 Å². The van der Waals surface area contributed by atoms with E-state index in [1.807, 2.05) is 18.2 Å². The molecule has 8 heteroatoms. The fourth-order valence-corrected chi connectivity index (χ4v) is 4.84. The molecule has 2 aromatic rings. The number of H-pyrrole nitrogens is 1. The van der Waals surface area contributed by atoms with Crippen LogP contribution in [-0.4, -0.2) is 48.1 Å². The van der Waals surface area contributed by atoms with Gasteiger partial charge in [-0.25, -0.2) is 0 Å². The number of carbonyl (C=O) groups excluding carboxylic acids is 1. The van der Waals surface area contributed by atoms with Crippen LogP contribution >= 0.6 is 35.6 Å². The number of benzene rings is 1. The highest BCUT2D eigenvalue weighted by molar-refractivity contribution is 6.42. The quantitative estimate of drug-likeness (QED) is 0.359. The Labute approximate surface area is 192 Å². The minimum atomic E-state index is -0.165. The molecule has 1 aromatic heterocycles. The third kappa shape index (κ3) is 4.80. The van der Waals surface area contributed by atoms with E-state index in [0.29, 0.717) is 27.9 Å². The SMILES string of the molecule is CO/C(=C\C=C\c1cc2cc(Cl)c(Cl)cc2[nH]1)C(=O)NC1CC2CCC(C1)N2C.Cl. The molecule has 2 N–H and O–H groups in total. The zero-order valence-electron chi connectivity index (χ0n) is 17.0. The summed E-state index contributed by atoms with van der Waals surface area (Å²) in [6.45, 7) is 0. The highest BCUT2D eigenvalue weighted by Gasteiger charge is 2.39. The second kappa shape index (κ2) is 9.65. The summed E-state index contributed by atoms with van der Waals surface area (Å²) in [5, 5.41) is 5.15. The van der Waals surface area contributed by atoms with Gasteiger partial charge in [-0.15, -0.1) is 12.4 Å². The van der Waals surface area contributed by atoms with Crippen LogP contribution < -0.4 is 5.32 Å². The molecule has 4 rings (SSSR count). The summed E-state index contributed by atoms with van der Waals surface area (Å²) >= 11 is 12.1. The Hall–Kier alpha value is -1.66. The monoisotopic (exact) mass is 469 g/mol. The third-order valence-electron chi connectivity index (χ3n) is 6.08. The Balaban J connectivity index is 0.00000256. The van der Waals surface area contributed by atoms with Crippen LogP contribution in [0.25, 0.3) is 17.0 Å². The van der Waals surface area contributed by atoms with E-state index >= 15 is 0 Å². The number of hydrogen-bond donors (Lipinski definition) is 2. The largest absolute Gasteiger partial charge is 0.491 e. The fourth-order valence-electron chi connectivity index (χ4n) is 4.50. The first-order valence-corrected chi connectivity index (χ1v) is 10.6. The lowest BCUT2D eigenvalue weighted by Crippen LogP contribution is -2.49. The molecule has 0 radical (unpaired) electrons. The number of piperidine rings is 1. The predicted octanol–water partition coefficient (Wildman–Crippen LogP) is 5.18. The van der Waals surface area contributed by atoms with Gasteiger partial charge in [0.15, 0.2) is 5.76 Å². The average molecular weight is 471 g/mol. The molecule has 30 heavy (non-hydrogen) atoms. The van der Waals surface area contributed by atoms with E-state index in [1.54, 1.807) is 18.2 Å². The Morgan fingerprint density at radius 1 is 1.20 bits per heavy atom. The van der Waals surface area contributed by atoms with Crippen LogP contribution in [0.2, 0.25) is 10.0 Å². The van der Waals surface area contributed by atoms with Gasteiger partial charge in [0.05, 0.1) is 17.2 Å². The number of aromatic nitrogens is 1. The number of nitrogens with one attached hydrogen (secondary N) is 2. The van der Waals surface area contributed by atoms with E-state index in [2.05, 4.69) is 22.2 Å². The van der Waals surface area contributed by atoms with Gasteiger partial charge in [0, 0.05) is 34.7 Å².